The zero-order valence-electron chi connectivity index (χ0n) is 14.3. The van der Waals surface area contributed by atoms with E-state index < -0.39 is 21.0 Å². The molecule has 1 heterocycles. The molecule has 0 unspecified atom stereocenters. The molecule has 9 heteroatoms. The van der Waals surface area contributed by atoms with Crippen LogP contribution in [-0.4, -0.2) is 26.6 Å². The zero-order chi connectivity index (χ0) is 18.9. The minimum atomic E-state index is -3.94. The lowest BCUT2D eigenvalue weighted by molar-refractivity contribution is -0.385. The van der Waals surface area contributed by atoms with Crippen LogP contribution in [0.3, 0.4) is 0 Å². The lowest BCUT2D eigenvalue weighted by atomic mass is 10.1. The van der Waals surface area contributed by atoms with Crippen LogP contribution in [0.25, 0.3) is 0 Å². The van der Waals surface area contributed by atoms with Crippen LogP contribution in [0.5, 0.6) is 11.5 Å². The average Bonchev–Trinajstić information content (AvgIpc) is 2.60. The maximum absolute atomic E-state index is 12.7. The number of nitrogens with one attached hydrogen (secondary N) is 1. The van der Waals surface area contributed by atoms with E-state index in [0.29, 0.717) is 35.8 Å². The number of sulfonamides is 1. The first-order chi connectivity index (χ1) is 12.3. The number of aryl methyl sites for hydroxylation is 1. The normalized spacial score (nSPS) is 14.7. The molecule has 2 aromatic carbocycles. The van der Waals surface area contributed by atoms with Crippen molar-refractivity contribution in [1.29, 1.82) is 0 Å². The standard InChI is InChI=1S/C17H18N2O6S/c1-11-3-5-14(19(20)21)10-17(11)26(22,23)18-12(2)13-4-6-15-16(9-13)25-8-7-24-15/h3-6,9-10,12,18H,7-8H2,1-2H3/t12-/m0/s1. The topological polar surface area (TPSA) is 108 Å². The second kappa shape index (κ2) is 6.93. The van der Waals surface area contributed by atoms with Crippen molar-refractivity contribution in [2.45, 2.75) is 24.8 Å². The second-order valence-corrected chi connectivity index (χ2v) is 7.64. The minimum Gasteiger partial charge on any atom is -0.486 e. The SMILES string of the molecule is Cc1ccc([N+](=O)[O-])cc1S(=O)(=O)N[C@@H](C)c1ccc2c(c1)OCCO2. The molecule has 8 nitrogen and oxygen atoms in total. The first-order valence-corrected chi connectivity index (χ1v) is 9.43. The number of fused-ring (bicyclic) bond motifs is 1. The molecule has 1 aliphatic heterocycles. The number of nitro benzene ring substituents is 1. The van der Waals surface area contributed by atoms with Crippen molar-refractivity contribution in [3.8, 4) is 11.5 Å². The van der Waals surface area contributed by atoms with Crippen LogP contribution in [0, 0.1) is 17.0 Å². The van der Waals surface area contributed by atoms with Gasteiger partial charge in [-0.3, -0.25) is 10.1 Å². The van der Waals surface area contributed by atoms with E-state index in [1.165, 1.54) is 12.1 Å². The first kappa shape index (κ1) is 18.2. The predicted octanol–water partition coefficient (Wildman–Crippen LogP) is 2.71. The molecule has 0 saturated carbocycles. The van der Waals surface area contributed by atoms with Gasteiger partial charge in [0.1, 0.15) is 13.2 Å². The number of benzene rings is 2. The van der Waals surface area contributed by atoms with Crippen LogP contribution in [0.4, 0.5) is 5.69 Å². The lowest BCUT2D eigenvalue weighted by Crippen LogP contribution is -2.27. The Hall–Kier alpha value is -2.65. The number of hydrogen-bond acceptors (Lipinski definition) is 6. The van der Waals surface area contributed by atoms with Gasteiger partial charge in [-0.25, -0.2) is 13.1 Å². The third kappa shape index (κ3) is 3.63. The van der Waals surface area contributed by atoms with E-state index >= 15 is 0 Å². The second-order valence-electron chi connectivity index (χ2n) is 5.95. The molecule has 0 fully saturated rings. The van der Waals surface area contributed by atoms with Gasteiger partial charge >= 0.3 is 0 Å². The average molecular weight is 378 g/mol. The monoisotopic (exact) mass is 378 g/mol. The van der Waals surface area contributed by atoms with Gasteiger partial charge in [0, 0.05) is 18.2 Å². The summed E-state index contributed by atoms with van der Waals surface area (Å²) in [5.41, 5.74) is 0.848. The largest absolute Gasteiger partial charge is 0.486 e. The van der Waals surface area contributed by atoms with E-state index in [4.69, 9.17) is 9.47 Å². The number of nitrogens with zero attached hydrogens (tertiary/aromatic N) is 1. The fraction of sp³-hybridized carbons (Fsp3) is 0.294. The highest BCUT2D eigenvalue weighted by atomic mass is 32.2. The van der Waals surface area contributed by atoms with Gasteiger partial charge in [-0.05, 0) is 37.1 Å². The number of rotatable bonds is 5. The maximum Gasteiger partial charge on any atom is 0.270 e. The number of hydrogen-bond donors (Lipinski definition) is 1. The van der Waals surface area contributed by atoms with Gasteiger partial charge < -0.3 is 9.47 Å². The fourth-order valence-corrected chi connectivity index (χ4v) is 4.18. The highest BCUT2D eigenvalue weighted by Gasteiger charge is 2.24. The molecule has 0 saturated heterocycles. The van der Waals surface area contributed by atoms with Crippen LogP contribution in [-0.2, 0) is 10.0 Å². The van der Waals surface area contributed by atoms with Crippen molar-refractivity contribution >= 4 is 15.7 Å². The molecule has 138 valence electrons. The molecule has 3 rings (SSSR count). The van der Waals surface area contributed by atoms with Crippen molar-refractivity contribution < 1.29 is 22.8 Å². The molecule has 0 spiro atoms. The van der Waals surface area contributed by atoms with Crippen molar-refractivity contribution in [3.63, 3.8) is 0 Å². The molecule has 1 N–H and O–H groups in total. The van der Waals surface area contributed by atoms with Gasteiger partial charge in [-0.15, -0.1) is 0 Å². The van der Waals surface area contributed by atoms with Crippen molar-refractivity contribution in [2.75, 3.05) is 13.2 Å². The molecule has 0 radical (unpaired) electrons. The Kier molecular flexibility index (Phi) is 4.84. The number of non-ortho nitro benzene ring substituents is 1. The van der Waals surface area contributed by atoms with Gasteiger partial charge in [0.15, 0.2) is 11.5 Å². The first-order valence-electron chi connectivity index (χ1n) is 7.95. The molecule has 0 aliphatic carbocycles. The van der Waals surface area contributed by atoms with Crippen molar-refractivity contribution in [1.82, 2.24) is 4.72 Å². The van der Waals surface area contributed by atoms with E-state index in [0.717, 1.165) is 6.07 Å². The summed E-state index contributed by atoms with van der Waals surface area (Å²) >= 11 is 0. The van der Waals surface area contributed by atoms with E-state index in [1.807, 2.05) is 0 Å². The van der Waals surface area contributed by atoms with E-state index in [-0.39, 0.29) is 10.6 Å². The number of nitro groups is 1. The molecule has 0 bridgehead atoms. The van der Waals surface area contributed by atoms with E-state index in [2.05, 4.69) is 4.72 Å². The summed E-state index contributed by atoms with van der Waals surface area (Å²) in [7, 11) is -3.94. The summed E-state index contributed by atoms with van der Waals surface area (Å²) in [5, 5.41) is 10.9. The molecular weight excluding hydrogens is 360 g/mol. The van der Waals surface area contributed by atoms with Crippen LogP contribution in [0.2, 0.25) is 0 Å². The fourth-order valence-electron chi connectivity index (χ4n) is 2.69. The Morgan fingerprint density at radius 2 is 1.81 bits per heavy atom. The van der Waals surface area contributed by atoms with E-state index in [9.17, 15) is 18.5 Å². The lowest BCUT2D eigenvalue weighted by Gasteiger charge is -2.21. The van der Waals surface area contributed by atoms with Crippen LogP contribution < -0.4 is 14.2 Å². The van der Waals surface area contributed by atoms with Crippen molar-refractivity contribution in [2.24, 2.45) is 0 Å². The molecule has 0 aromatic heterocycles. The Labute approximate surface area is 150 Å². The number of ether oxygens (including phenoxy) is 2. The van der Waals surface area contributed by atoms with Gasteiger partial charge in [-0.1, -0.05) is 12.1 Å². The van der Waals surface area contributed by atoms with Gasteiger partial charge in [0.2, 0.25) is 10.0 Å². The zero-order valence-corrected chi connectivity index (χ0v) is 15.1. The summed E-state index contributed by atoms with van der Waals surface area (Å²) < 4.78 is 38.9. The quantitative estimate of drug-likeness (QED) is 0.633. The van der Waals surface area contributed by atoms with Crippen LogP contribution in [0.1, 0.15) is 24.1 Å². The van der Waals surface area contributed by atoms with Gasteiger partial charge in [-0.2, -0.15) is 0 Å². The Morgan fingerprint density at radius 3 is 2.50 bits per heavy atom. The summed E-state index contributed by atoms with van der Waals surface area (Å²) in [6, 6.07) is 8.40. The third-order valence-electron chi connectivity index (χ3n) is 4.07. The summed E-state index contributed by atoms with van der Waals surface area (Å²) in [5.74, 6) is 1.18. The van der Waals surface area contributed by atoms with Crippen LogP contribution in [0.15, 0.2) is 41.3 Å². The molecule has 1 aliphatic rings. The molecule has 2 aromatic rings. The maximum atomic E-state index is 12.7. The van der Waals surface area contributed by atoms with Crippen LogP contribution >= 0.6 is 0 Å². The van der Waals surface area contributed by atoms with Crippen molar-refractivity contribution in [3.05, 3.63) is 57.6 Å². The predicted molar refractivity (Wildman–Crippen MR) is 94.0 cm³/mol. The minimum absolute atomic E-state index is 0.115. The molecular formula is C17H18N2O6S. The summed E-state index contributed by atoms with van der Waals surface area (Å²) in [4.78, 5) is 10.2. The summed E-state index contributed by atoms with van der Waals surface area (Å²) in [6.07, 6.45) is 0. The Bertz CT molecular complexity index is 958. The molecule has 26 heavy (non-hydrogen) atoms. The third-order valence-corrected chi connectivity index (χ3v) is 5.75. The Morgan fingerprint density at radius 1 is 1.12 bits per heavy atom. The molecule has 1 atom stereocenters. The Balaban J connectivity index is 1.87. The smallest absolute Gasteiger partial charge is 0.270 e. The van der Waals surface area contributed by atoms with E-state index in [1.54, 1.807) is 32.0 Å². The highest BCUT2D eigenvalue weighted by Crippen LogP contribution is 2.33. The van der Waals surface area contributed by atoms with Gasteiger partial charge in [0.05, 0.1) is 9.82 Å². The van der Waals surface area contributed by atoms with Gasteiger partial charge in [0.25, 0.3) is 5.69 Å². The summed E-state index contributed by atoms with van der Waals surface area (Å²) in [6.45, 7) is 4.19. The highest BCUT2D eigenvalue weighted by molar-refractivity contribution is 7.89. The molecule has 0 amide bonds.